The lowest BCUT2D eigenvalue weighted by molar-refractivity contribution is -0.175. The van der Waals surface area contributed by atoms with Gasteiger partial charge < -0.3 is 9.84 Å². The topological polar surface area (TPSA) is 49.8 Å². The molecule has 2 aliphatic rings. The first-order chi connectivity index (χ1) is 8.43. The third-order valence-corrected chi connectivity index (χ3v) is 4.81. The van der Waals surface area contributed by atoms with Gasteiger partial charge in [-0.3, -0.25) is 9.69 Å². The van der Waals surface area contributed by atoms with Crippen LogP contribution in [0.3, 0.4) is 0 Å². The van der Waals surface area contributed by atoms with E-state index in [1.807, 2.05) is 13.8 Å². The summed E-state index contributed by atoms with van der Waals surface area (Å²) in [5.74, 6) is -0.278. The second-order valence-electron chi connectivity index (χ2n) is 6.07. The Labute approximate surface area is 109 Å². The molecule has 4 heteroatoms. The molecule has 0 bridgehead atoms. The van der Waals surface area contributed by atoms with Crippen molar-refractivity contribution in [3.8, 4) is 0 Å². The van der Waals surface area contributed by atoms with E-state index in [4.69, 9.17) is 4.74 Å². The first-order valence-electron chi connectivity index (χ1n) is 7.07. The summed E-state index contributed by atoms with van der Waals surface area (Å²) in [5, 5.41) is 11.1. The van der Waals surface area contributed by atoms with Crippen LogP contribution >= 0.6 is 0 Å². The van der Waals surface area contributed by atoms with E-state index in [0.717, 1.165) is 25.9 Å². The minimum absolute atomic E-state index is 0.116. The lowest BCUT2D eigenvalue weighted by Crippen LogP contribution is -2.58. The van der Waals surface area contributed by atoms with Crippen molar-refractivity contribution in [1.82, 2.24) is 4.90 Å². The Bertz CT molecular complexity index is 329. The molecule has 104 valence electrons. The number of carbonyl (C=O) groups excluding carboxylic acids is 1. The summed E-state index contributed by atoms with van der Waals surface area (Å²) in [6.07, 6.45) is 4.00. The summed E-state index contributed by atoms with van der Waals surface area (Å²) in [6, 6.07) is 0.116. The number of hydrogen-bond donors (Lipinski definition) is 1. The molecule has 2 unspecified atom stereocenters. The minimum atomic E-state index is -0.945. The average Bonchev–Trinajstić information content (AvgIpc) is 2.70. The van der Waals surface area contributed by atoms with Gasteiger partial charge in [0, 0.05) is 12.6 Å². The van der Waals surface area contributed by atoms with Crippen LogP contribution in [0.1, 0.15) is 46.5 Å². The highest BCUT2D eigenvalue weighted by molar-refractivity contribution is 5.78. The van der Waals surface area contributed by atoms with Gasteiger partial charge in [0.25, 0.3) is 0 Å². The number of aliphatic hydroxyl groups is 1. The zero-order valence-electron chi connectivity index (χ0n) is 11.7. The van der Waals surface area contributed by atoms with Crippen LogP contribution in [0.25, 0.3) is 0 Å². The summed E-state index contributed by atoms with van der Waals surface area (Å²) < 4.78 is 5.15. The fourth-order valence-corrected chi connectivity index (χ4v) is 3.50. The predicted octanol–water partition coefficient (Wildman–Crippen LogP) is 1.56. The molecule has 0 aromatic carbocycles. The van der Waals surface area contributed by atoms with Crippen molar-refractivity contribution in [2.45, 2.75) is 58.1 Å². The van der Waals surface area contributed by atoms with Crippen LogP contribution in [0, 0.1) is 5.41 Å². The summed E-state index contributed by atoms with van der Waals surface area (Å²) in [7, 11) is 0. The molecule has 0 aromatic rings. The van der Waals surface area contributed by atoms with Crippen molar-refractivity contribution in [3.63, 3.8) is 0 Å². The van der Waals surface area contributed by atoms with Crippen molar-refractivity contribution in [2.24, 2.45) is 5.41 Å². The standard InChI is InChI=1S/C14H25NO3/c1-4-18-12(16)13(2,3)14(17)8-10-15-9-6-5-7-11(14)15/h11,17H,4-10H2,1-3H3. The molecular formula is C14H25NO3. The number of ether oxygens (including phenoxy) is 1. The third-order valence-electron chi connectivity index (χ3n) is 4.81. The van der Waals surface area contributed by atoms with Crippen molar-refractivity contribution >= 4 is 5.97 Å². The number of fused-ring (bicyclic) bond motifs is 1. The van der Waals surface area contributed by atoms with E-state index in [2.05, 4.69) is 4.90 Å². The van der Waals surface area contributed by atoms with Gasteiger partial charge in [0.1, 0.15) is 0 Å². The lowest BCUT2D eigenvalue weighted by Gasteiger charge is -2.45. The molecule has 0 saturated carbocycles. The molecule has 2 aliphatic heterocycles. The molecule has 2 rings (SSSR count). The molecule has 0 amide bonds. The quantitative estimate of drug-likeness (QED) is 0.778. The number of esters is 1. The molecule has 0 aromatic heterocycles. The molecule has 0 spiro atoms. The minimum Gasteiger partial charge on any atom is -0.465 e. The Hall–Kier alpha value is -0.610. The fourth-order valence-electron chi connectivity index (χ4n) is 3.50. The number of piperidine rings is 1. The molecule has 4 nitrogen and oxygen atoms in total. The summed E-state index contributed by atoms with van der Waals surface area (Å²) in [5.41, 5.74) is -1.78. The highest BCUT2D eigenvalue weighted by atomic mass is 16.5. The molecule has 0 aliphatic carbocycles. The zero-order valence-corrected chi connectivity index (χ0v) is 11.7. The van der Waals surface area contributed by atoms with Crippen LogP contribution in [0.2, 0.25) is 0 Å². The average molecular weight is 255 g/mol. The Morgan fingerprint density at radius 2 is 2.17 bits per heavy atom. The van der Waals surface area contributed by atoms with Crippen molar-refractivity contribution in [1.29, 1.82) is 0 Å². The molecule has 18 heavy (non-hydrogen) atoms. The maximum atomic E-state index is 12.1. The van der Waals surface area contributed by atoms with Crippen molar-refractivity contribution < 1.29 is 14.6 Å². The van der Waals surface area contributed by atoms with Crippen LogP contribution in [0.5, 0.6) is 0 Å². The Morgan fingerprint density at radius 3 is 2.83 bits per heavy atom. The van der Waals surface area contributed by atoms with Gasteiger partial charge in [0.05, 0.1) is 17.6 Å². The summed E-state index contributed by atoms with van der Waals surface area (Å²) >= 11 is 0. The number of hydrogen-bond acceptors (Lipinski definition) is 4. The van der Waals surface area contributed by atoms with Gasteiger partial charge in [-0.2, -0.15) is 0 Å². The van der Waals surface area contributed by atoms with Crippen molar-refractivity contribution in [2.75, 3.05) is 19.7 Å². The van der Waals surface area contributed by atoms with E-state index in [1.165, 1.54) is 6.42 Å². The van der Waals surface area contributed by atoms with Crippen molar-refractivity contribution in [3.05, 3.63) is 0 Å². The van der Waals surface area contributed by atoms with Gasteiger partial charge in [-0.15, -0.1) is 0 Å². The number of carbonyl (C=O) groups is 1. The van der Waals surface area contributed by atoms with E-state index in [9.17, 15) is 9.90 Å². The van der Waals surface area contributed by atoms with Gasteiger partial charge in [-0.1, -0.05) is 6.42 Å². The van der Waals surface area contributed by atoms with Gasteiger partial charge in [0.15, 0.2) is 0 Å². The van der Waals surface area contributed by atoms with Crippen LogP contribution < -0.4 is 0 Å². The normalized spacial score (nSPS) is 33.2. The SMILES string of the molecule is CCOC(=O)C(C)(C)C1(O)CCN2CCCCC21. The fraction of sp³-hybridized carbons (Fsp3) is 0.929. The van der Waals surface area contributed by atoms with E-state index in [-0.39, 0.29) is 12.0 Å². The van der Waals surface area contributed by atoms with Gasteiger partial charge in [-0.05, 0) is 46.6 Å². The van der Waals surface area contributed by atoms with E-state index in [0.29, 0.717) is 13.0 Å². The second-order valence-corrected chi connectivity index (χ2v) is 6.07. The van der Waals surface area contributed by atoms with E-state index < -0.39 is 11.0 Å². The Kier molecular flexibility index (Phi) is 3.70. The number of nitrogens with zero attached hydrogens (tertiary/aromatic N) is 1. The summed E-state index contributed by atoms with van der Waals surface area (Å²) in [6.45, 7) is 7.76. The monoisotopic (exact) mass is 255 g/mol. The Morgan fingerprint density at radius 1 is 1.44 bits per heavy atom. The molecule has 2 fully saturated rings. The molecule has 1 N–H and O–H groups in total. The van der Waals surface area contributed by atoms with Crippen LogP contribution in [0.15, 0.2) is 0 Å². The van der Waals surface area contributed by atoms with Gasteiger partial charge in [-0.25, -0.2) is 0 Å². The predicted molar refractivity (Wildman–Crippen MR) is 69.2 cm³/mol. The molecule has 2 saturated heterocycles. The van der Waals surface area contributed by atoms with Crippen LogP contribution in [0.4, 0.5) is 0 Å². The largest absolute Gasteiger partial charge is 0.465 e. The van der Waals surface area contributed by atoms with Gasteiger partial charge in [0.2, 0.25) is 0 Å². The Balaban J connectivity index is 2.22. The lowest BCUT2D eigenvalue weighted by atomic mass is 9.69. The van der Waals surface area contributed by atoms with E-state index >= 15 is 0 Å². The number of rotatable bonds is 3. The first kappa shape index (κ1) is 13.8. The molecule has 2 atom stereocenters. The maximum Gasteiger partial charge on any atom is 0.314 e. The van der Waals surface area contributed by atoms with Gasteiger partial charge >= 0.3 is 5.97 Å². The molecular weight excluding hydrogens is 230 g/mol. The van der Waals surface area contributed by atoms with Crippen LogP contribution in [-0.4, -0.2) is 47.3 Å². The maximum absolute atomic E-state index is 12.1. The molecule has 2 heterocycles. The smallest absolute Gasteiger partial charge is 0.314 e. The zero-order chi connectivity index (χ0) is 13.4. The van der Waals surface area contributed by atoms with Crippen LogP contribution in [-0.2, 0) is 9.53 Å². The third kappa shape index (κ3) is 1.95. The molecule has 0 radical (unpaired) electrons. The summed E-state index contributed by atoms with van der Waals surface area (Å²) in [4.78, 5) is 14.5. The van der Waals surface area contributed by atoms with E-state index in [1.54, 1.807) is 6.92 Å². The highest BCUT2D eigenvalue weighted by Gasteiger charge is 2.59. The highest BCUT2D eigenvalue weighted by Crippen LogP contribution is 2.46. The second kappa shape index (κ2) is 4.82. The first-order valence-corrected chi connectivity index (χ1v) is 7.07.